The molecule has 1 saturated heterocycles. The lowest BCUT2D eigenvalue weighted by atomic mass is 10.2. The molecule has 0 atom stereocenters. The van der Waals surface area contributed by atoms with Crippen molar-refractivity contribution in [1.29, 1.82) is 0 Å². The van der Waals surface area contributed by atoms with Gasteiger partial charge in [0.2, 0.25) is 0 Å². The standard InChI is InChI=1S/C31H44N6O5/c1-6-37(31(38)34-24-8-10-25(11-9-24)42-23(2)3)14-13-35(4)30-26-20-28(39-5)29(21-27(26)32-22-33-30)41-17-7-12-36-15-18-40-19-16-36/h8-11,20-23H,6-7,12-19H2,1-5H3,(H,34,38). The van der Waals surface area contributed by atoms with Crippen molar-refractivity contribution in [2.45, 2.75) is 33.3 Å². The second-order valence-corrected chi connectivity index (χ2v) is 10.5. The van der Waals surface area contributed by atoms with Crippen LogP contribution in [0.25, 0.3) is 10.9 Å². The predicted molar refractivity (Wildman–Crippen MR) is 165 cm³/mol. The summed E-state index contributed by atoms with van der Waals surface area (Å²) in [5.41, 5.74) is 1.49. The van der Waals surface area contributed by atoms with Crippen LogP contribution in [0.2, 0.25) is 0 Å². The van der Waals surface area contributed by atoms with E-state index in [-0.39, 0.29) is 12.1 Å². The Bertz CT molecular complexity index is 1280. The van der Waals surface area contributed by atoms with E-state index >= 15 is 0 Å². The Hall–Kier alpha value is -3.83. The molecule has 0 spiro atoms. The summed E-state index contributed by atoms with van der Waals surface area (Å²) in [5.74, 6) is 2.83. The highest BCUT2D eigenvalue weighted by atomic mass is 16.5. The topological polar surface area (TPSA) is 102 Å². The van der Waals surface area contributed by atoms with Gasteiger partial charge in [0.15, 0.2) is 11.5 Å². The number of morpholine rings is 1. The van der Waals surface area contributed by atoms with Crippen LogP contribution in [0, 0.1) is 0 Å². The fraction of sp³-hybridized carbons (Fsp3) is 0.516. The molecule has 11 nitrogen and oxygen atoms in total. The van der Waals surface area contributed by atoms with Crippen LogP contribution >= 0.6 is 0 Å². The summed E-state index contributed by atoms with van der Waals surface area (Å²) in [6.45, 7) is 12.7. The molecular weight excluding hydrogens is 536 g/mol. The molecule has 2 amide bonds. The van der Waals surface area contributed by atoms with Crippen LogP contribution in [0.3, 0.4) is 0 Å². The Morgan fingerprint density at radius 3 is 2.55 bits per heavy atom. The third kappa shape index (κ3) is 8.59. The molecule has 0 bridgehead atoms. The van der Waals surface area contributed by atoms with E-state index < -0.39 is 0 Å². The summed E-state index contributed by atoms with van der Waals surface area (Å²) < 4.78 is 22.9. The first-order valence-corrected chi connectivity index (χ1v) is 14.7. The molecule has 1 aliphatic heterocycles. The Balaban J connectivity index is 1.35. The minimum atomic E-state index is -0.159. The molecule has 0 unspecified atom stereocenters. The highest BCUT2D eigenvalue weighted by Crippen LogP contribution is 2.35. The number of likely N-dealkylation sites (N-methyl/N-ethyl adjacent to an activating group) is 2. The number of rotatable bonds is 14. The average molecular weight is 581 g/mol. The number of anilines is 2. The molecule has 1 aromatic heterocycles. The Morgan fingerprint density at radius 1 is 1.10 bits per heavy atom. The van der Waals surface area contributed by atoms with E-state index in [0.717, 1.165) is 67.4 Å². The lowest BCUT2D eigenvalue weighted by Gasteiger charge is -2.26. The maximum absolute atomic E-state index is 13.0. The third-order valence-electron chi connectivity index (χ3n) is 7.09. The van der Waals surface area contributed by atoms with Gasteiger partial charge in [-0.1, -0.05) is 0 Å². The largest absolute Gasteiger partial charge is 0.493 e. The highest BCUT2D eigenvalue weighted by molar-refractivity contribution is 5.92. The molecular formula is C31H44N6O5. The summed E-state index contributed by atoms with van der Waals surface area (Å²) in [4.78, 5) is 28.2. The van der Waals surface area contributed by atoms with E-state index in [0.29, 0.717) is 37.7 Å². The molecule has 1 N–H and O–H groups in total. The molecule has 2 heterocycles. The molecule has 1 fully saturated rings. The maximum Gasteiger partial charge on any atom is 0.321 e. The van der Waals surface area contributed by atoms with Crippen molar-refractivity contribution in [1.82, 2.24) is 19.8 Å². The van der Waals surface area contributed by atoms with E-state index in [1.165, 1.54) is 0 Å². The zero-order chi connectivity index (χ0) is 29.9. The summed E-state index contributed by atoms with van der Waals surface area (Å²) >= 11 is 0. The zero-order valence-electron chi connectivity index (χ0n) is 25.5. The Labute approximate surface area is 248 Å². The second kappa shape index (κ2) is 15.4. The summed E-state index contributed by atoms with van der Waals surface area (Å²) in [6, 6.07) is 11.1. The smallest absolute Gasteiger partial charge is 0.321 e. The first kappa shape index (κ1) is 31.1. The lowest BCUT2D eigenvalue weighted by molar-refractivity contribution is 0.0357. The van der Waals surface area contributed by atoms with Crippen molar-refractivity contribution in [2.75, 3.05) is 83.5 Å². The SMILES string of the molecule is CCN(CCN(C)c1ncnc2cc(OCCCN3CCOCC3)c(OC)cc12)C(=O)Nc1ccc(OC(C)C)cc1. The van der Waals surface area contributed by atoms with Gasteiger partial charge in [0, 0.05) is 63.5 Å². The van der Waals surface area contributed by atoms with E-state index in [1.54, 1.807) is 18.3 Å². The number of aromatic nitrogens is 2. The van der Waals surface area contributed by atoms with E-state index in [1.807, 2.05) is 69.1 Å². The minimum Gasteiger partial charge on any atom is -0.493 e. The molecule has 2 aromatic carbocycles. The molecule has 228 valence electrons. The van der Waals surface area contributed by atoms with Crippen LogP contribution in [-0.4, -0.2) is 105 Å². The molecule has 3 aromatic rings. The van der Waals surface area contributed by atoms with E-state index in [9.17, 15) is 4.79 Å². The maximum atomic E-state index is 13.0. The van der Waals surface area contributed by atoms with Gasteiger partial charge in [0.1, 0.15) is 17.9 Å². The molecule has 4 rings (SSSR count). The van der Waals surface area contributed by atoms with Crippen LogP contribution in [0.5, 0.6) is 17.2 Å². The molecule has 11 heteroatoms. The number of amides is 2. The molecule has 0 saturated carbocycles. The van der Waals surface area contributed by atoms with Gasteiger partial charge in [0.05, 0.1) is 38.6 Å². The normalized spacial score (nSPS) is 13.7. The van der Waals surface area contributed by atoms with Crippen molar-refractivity contribution < 1.29 is 23.7 Å². The van der Waals surface area contributed by atoms with Gasteiger partial charge in [0.25, 0.3) is 0 Å². The lowest BCUT2D eigenvalue weighted by Crippen LogP contribution is -2.40. The number of urea groups is 1. The average Bonchev–Trinajstić information content (AvgIpc) is 3.00. The fourth-order valence-corrected chi connectivity index (χ4v) is 4.79. The number of carbonyl (C=O) groups is 1. The van der Waals surface area contributed by atoms with Gasteiger partial charge in [-0.15, -0.1) is 0 Å². The summed E-state index contributed by atoms with van der Waals surface area (Å²) in [7, 11) is 3.60. The first-order valence-electron chi connectivity index (χ1n) is 14.7. The van der Waals surface area contributed by atoms with Gasteiger partial charge in [-0.25, -0.2) is 14.8 Å². The van der Waals surface area contributed by atoms with Crippen LogP contribution < -0.4 is 24.4 Å². The van der Waals surface area contributed by atoms with Gasteiger partial charge in [-0.2, -0.15) is 0 Å². The van der Waals surface area contributed by atoms with Gasteiger partial charge in [-0.3, -0.25) is 4.90 Å². The number of fused-ring (bicyclic) bond motifs is 1. The third-order valence-corrected chi connectivity index (χ3v) is 7.09. The number of methoxy groups -OCH3 is 1. The second-order valence-electron chi connectivity index (χ2n) is 10.5. The highest BCUT2D eigenvalue weighted by Gasteiger charge is 2.17. The number of carbonyl (C=O) groups excluding carboxylic acids is 1. The molecule has 0 radical (unpaired) electrons. The van der Waals surface area contributed by atoms with Gasteiger partial charge >= 0.3 is 6.03 Å². The number of hydrogen-bond donors (Lipinski definition) is 1. The number of nitrogens with one attached hydrogen (secondary N) is 1. The number of ether oxygens (including phenoxy) is 4. The Kier molecular flexibility index (Phi) is 11.4. The monoisotopic (exact) mass is 580 g/mol. The predicted octanol–water partition coefficient (Wildman–Crippen LogP) is 4.52. The molecule has 42 heavy (non-hydrogen) atoms. The van der Waals surface area contributed by atoms with Gasteiger partial charge < -0.3 is 34.1 Å². The zero-order valence-corrected chi connectivity index (χ0v) is 25.5. The van der Waals surface area contributed by atoms with Crippen LogP contribution in [0.1, 0.15) is 27.2 Å². The number of benzene rings is 2. The van der Waals surface area contributed by atoms with Crippen molar-refractivity contribution in [3.63, 3.8) is 0 Å². The Morgan fingerprint density at radius 2 is 1.86 bits per heavy atom. The van der Waals surface area contributed by atoms with Crippen molar-refractivity contribution in [3.05, 3.63) is 42.7 Å². The van der Waals surface area contributed by atoms with Crippen LogP contribution in [0.4, 0.5) is 16.3 Å². The quantitative estimate of drug-likeness (QED) is 0.276. The van der Waals surface area contributed by atoms with Crippen molar-refractivity contribution in [3.8, 4) is 17.2 Å². The van der Waals surface area contributed by atoms with E-state index in [2.05, 4.69) is 20.2 Å². The van der Waals surface area contributed by atoms with Crippen molar-refractivity contribution in [2.24, 2.45) is 0 Å². The summed E-state index contributed by atoms with van der Waals surface area (Å²) in [6.07, 6.45) is 2.57. The first-order chi connectivity index (χ1) is 20.4. The fourth-order valence-electron chi connectivity index (χ4n) is 4.79. The van der Waals surface area contributed by atoms with E-state index in [4.69, 9.17) is 18.9 Å². The van der Waals surface area contributed by atoms with Crippen LogP contribution in [-0.2, 0) is 4.74 Å². The van der Waals surface area contributed by atoms with Crippen LogP contribution in [0.15, 0.2) is 42.7 Å². The minimum absolute atomic E-state index is 0.0947. The number of nitrogens with zero attached hydrogens (tertiary/aromatic N) is 5. The number of hydrogen-bond acceptors (Lipinski definition) is 9. The summed E-state index contributed by atoms with van der Waals surface area (Å²) in [5, 5.41) is 3.83. The molecule has 0 aliphatic carbocycles. The van der Waals surface area contributed by atoms with Crippen molar-refractivity contribution >= 4 is 28.4 Å². The van der Waals surface area contributed by atoms with Gasteiger partial charge in [-0.05, 0) is 57.5 Å². The molecule has 1 aliphatic rings.